The molecule has 0 aliphatic carbocycles. The quantitative estimate of drug-likeness (QED) is 0.600. The molecule has 0 aliphatic heterocycles. The lowest BCUT2D eigenvalue weighted by molar-refractivity contribution is 0.585. The summed E-state index contributed by atoms with van der Waals surface area (Å²) in [5.74, 6) is -0.524. The molecule has 0 aromatic carbocycles. The molecule has 0 fully saturated rings. The van der Waals surface area contributed by atoms with Gasteiger partial charge in [0.15, 0.2) is 12.0 Å². The third-order valence-electron chi connectivity index (χ3n) is 2.00. The average Bonchev–Trinajstić information content (AvgIpc) is 2.76. The van der Waals surface area contributed by atoms with Crippen molar-refractivity contribution in [2.24, 2.45) is 0 Å². The number of pyridine rings is 1. The van der Waals surface area contributed by atoms with Crippen molar-refractivity contribution in [1.29, 1.82) is 0 Å². The third-order valence-corrected chi connectivity index (χ3v) is 2.00. The van der Waals surface area contributed by atoms with Gasteiger partial charge in [-0.2, -0.15) is 4.39 Å². The minimum atomic E-state index is -0.524. The number of hydrogen-bond donors (Lipinski definition) is 1. The van der Waals surface area contributed by atoms with Gasteiger partial charge in [0.2, 0.25) is 5.95 Å². The Morgan fingerprint density at radius 2 is 2.27 bits per heavy atom. The highest BCUT2D eigenvalue weighted by atomic mass is 19.1. The Kier molecular flexibility index (Phi) is 1.55. The van der Waals surface area contributed by atoms with Crippen LogP contribution >= 0.6 is 0 Å². The molecular weight excluding hydrogens is 197 g/mol. The second-order valence-corrected chi connectivity index (χ2v) is 2.99. The van der Waals surface area contributed by atoms with Crippen LogP contribution in [-0.2, 0) is 0 Å². The van der Waals surface area contributed by atoms with E-state index in [0.717, 1.165) is 0 Å². The first kappa shape index (κ1) is 8.10. The molecule has 1 N–H and O–H groups in total. The number of fused-ring (bicyclic) bond motifs is 1. The first-order valence-corrected chi connectivity index (χ1v) is 4.28. The molecule has 6 heteroatoms. The Hall–Kier alpha value is -2.24. The van der Waals surface area contributed by atoms with Crippen molar-refractivity contribution in [2.45, 2.75) is 0 Å². The van der Waals surface area contributed by atoms with Crippen LogP contribution in [0, 0.1) is 12.3 Å². The summed E-state index contributed by atoms with van der Waals surface area (Å²) in [5, 5.41) is 7.89. The summed E-state index contributed by atoms with van der Waals surface area (Å²) in [5.41, 5.74) is 1.74. The lowest BCUT2D eigenvalue weighted by Gasteiger charge is -1.93. The van der Waals surface area contributed by atoms with Crippen molar-refractivity contribution in [3.05, 3.63) is 36.5 Å². The lowest BCUT2D eigenvalue weighted by atomic mass is 10.3. The van der Waals surface area contributed by atoms with Gasteiger partial charge >= 0.3 is 0 Å². The molecule has 0 amide bonds. The highest BCUT2D eigenvalue weighted by Gasteiger charge is 2.07. The highest BCUT2D eigenvalue weighted by Crippen LogP contribution is 2.15. The first-order valence-electron chi connectivity index (χ1n) is 4.28. The van der Waals surface area contributed by atoms with Crippen LogP contribution in [0.5, 0.6) is 0 Å². The minimum Gasteiger partial charge on any atom is -0.319 e. The fourth-order valence-electron chi connectivity index (χ4n) is 1.34. The summed E-state index contributed by atoms with van der Waals surface area (Å²) >= 11 is 0. The normalized spacial score (nSPS) is 11.0. The largest absolute Gasteiger partial charge is 0.319 e. The molecule has 1 radical (unpaired) electrons. The van der Waals surface area contributed by atoms with Gasteiger partial charge in [-0.1, -0.05) is 6.07 Å². The Labute approximate surface area is 83.6 Å². The van der Waals surface area contributed by atoms with Crippen LogP contribution in [0.4, 0.5) is 4.39 Å². The summed E-state index contributed by atoms with van der Waals surface area (Å²) < 4.78 is 14.2. The number of halogens is 1. The van der Waals surface area contributed by atoms with E-state index in [0.29, 0.717) is 17.0 Å². The van der Waals surface area contributed by atoms with Crippen molar-refractivity contribution in [1.82, 2.24) is 24.8 Å². The number of H-pyrrole nitrogens is 1. The van der Waals surface area contributed by atoms with Crippen LogP contribution in [0.1, 0.15) is 0 Å². The second kappa shape index (κ2) is 2.88. The van der Waals surface area contributed by atoms with Gasteiger partial charge in [0.1, 0.15) is 5.69 Å². The summed E-state index contributed by atoms with van der Waals surface area (Å²) in [6, 6.07) is 6.29. The zero-order chi connectivity index (χ0) is 10.3. The molecule has 15 heavy (non-hydrogen) atoms. The molecule has 0 atom stereocenters. The van der Waals surface area contributed by atoms with E-state index >= 15 is 0 Å². The van der Waals surface area contributed by atoms with E-state index in [1.165, 1.54) is 10.7 Å². The maximum Gasteiger partial charge on any atom is 0.213 e. The second-order valence-electron chi connectivity index (χ2n) is 2.99. The zero-order valence-corrected chi connectivity index (χ0v) is 7.48. The molecule has 3 heterocycles. The van der Waals surface area contributed by atoms with E-state index in [1.807, 2.05) is 0 Å². The Balaban J connectivity index is 2.17. The molecule has 5 nitrogen and oxygen atoms in total. The van der Waals surface area contributed by atoms with Gasteiger partial charge in [0.25, 0.3) is 0 Å². The van der Waals surface area contributed by atoms with Crippen LogP contribution in [0.25, 0.3) is 17.0 Å². The molecule has 73 valence electrons. The van der Waals surface area contributed by atoms with Gasteiger partial charge in [-0.25, -0.2) is 4.98 Å². The molecule has 0 saturated heterocycles. The van der Waals surface area contributed by atoms with E-state index in [1.54, 1.807) is 18.2 Å². The van der Waals surface area contributed by atoms with Crippen molar-refractivity contribution >= 4 is 5.65 Å². The zero-order valence-electron chi connectivity index (χ0n) is 7.48. The van der Waals surface area contributed by atoms with E-state index in [9.17, 15) is 4.39 Å². The molecule has 3 aromatic rings. The van der Waals surface area contributed by atoms with Crippen LogP contribution in [0.15, 0.2) is 24.3 Å². The van der Waals surface area contributed by atoms with E-state index < -0.39 is 5.95 Å². The van der Waals surface area contributed by atoms with Crippen LogP contribution in [-0.4, -0.2) is 24.8 Å². The minimum absolute atomic E-state index is 0.480. The third kappa shape index (κ3) is 1.26. The van der Waals surface area contributed by atoms with E-state index in [4.69, 9.17) is 0 Å². The molecule has 0 unspecified atom stereocenters. The molecular formula is C9H5FN5. The van der Waals surface area contributed by atoms with E-state index in [2.05, 4.69) is 26.5 Å². The fourth-order valence-corrected chi connectivity index (χ4v) is 1.34. The summed E-state index contributed by atoms with van der Waals surface area (Å²) in [6.45, 7) is 0. The van der Waals surface area contributed by atoms with Gasteiger partial charge in [-0.3, -0.25) is 0 Å². The number of nitrogens with one attached hydrogen (secondary N) is 1. The summed E-state index contributed by atoms with van der Waals surface area (Å²) in [4.78, 5) is 6.49. The Morgan fingerprint density at radius 1 is 1.33 bits per heavy atom. The molecule has 3 aromatic heterocycles. The number of aromatic amines is 1. The maximum absolute atomic E-state index is 12.9. The Morgan fingerprint density at radius 3 is 3.07 bits per heavy atom. The summed E-state index contributed by atoms with van der Waals surface area (Å²) in [6.07, 6.45) is 2.54. The van der Waals surface area contributed by atoms with Crippen LogP contribution in [0.2, 0.25) is 0 Å². The average molecular weight is 202 g/mol. The lowest BCUT2D eigenvalue weighted by Crippen LogP contribution is -1.90. The molecule has 0 bridgehead atoms. The molecule has 0 aliphatic rings. The van der Waals surface area contributed by atoms with Crippen molar-refractivity contribution < 1.29 is 4.39 Å². The summed E-state index contributed by atoms with van der Waals surface area (Å²) in [7, 11) is 0. The first-order chi connectivity index (χ1) is 7.33. The van der Waals surface area contributed by atoms with Gasteiger partial charge in [0, 0.05) is 6.07 Å². The fraction of sp³-hybridized carbons (Fsp3) is 0. The van der Waals surface area contributed by atoms with E-state index in [-0.39, 0.29) is 0 Å². The highest BCUT2D eigenvalue weighted by molar-refractivity contribution is 5.59. The standard InChI is InChI=1S/C9H5FN5/c10-8-3-1-2-6(13-8)7-4-9-11-5-12-15(9)14-7/h1-4H,(H,11,12). The number of hydrogen-bond acceptors (Lipinski definition) is 3. The molecule has 0 spiro atoms. The van der Waals surface area contributed by atoms with Gasteiger partial charge < -0.3 is 4.98 Å². The van der Waals surface area contributed by atoms with Crippen molar-refractivity contribution in [3.63, 3.8) is 0 Å². The predicted octanol–water partition coefficient (Wildman–Crippen LogP) is 1.06. The number of aromatic nitrogens is 5. The van der Waals surface area contributed by atoms with Crippen molar-refractivity contribution in [3.8, 4) is 11.4 Å². The van der Waals surface area contributed by atoms with Crippen LogP contribution in [0.3, 0.4) is 0 Å². The Bertz CT molecular complexity index is 583. The SMILES string of the molecule is Fc1cccc(-c2cc3[nH][c]nn3n2)n1. The van der Waals surface area contributed by atoms with Gasteiger partial charge in [-0.15, -0.1) is 14.8 Å². The van der Waals surface area contributed by atoms with Crippen molar-refractivity contribution in [2.75, 3.05) is 0 Å². The molecule has 0 saturated carbocycles. The monoisotopic (exact) mass is 202 g/mol. The van der Waals surface area contributed by atoms with Gasteiger partial charge in [-0.05, 0) is 12.1 Å². The smallest absolute Gasteiger partial charge is 0.213 e. The van der Waals surface area contributed by atoms with Crippen LogP contribution < -0.4 is 0 Å². The predicted molar refractivity (Wildman–Crippen MR) is 49.4 cm³/mol. The van der Waals surface area contributed by atoms with Gasteiger partial charge in [0.05, 0.1) is 5.69 Å². The number of rotatable bonds is 1. The molecule has 3 rings (SSSR count). The topological polar surface area (TPSA) is 58.9 Å². The number of nitrogens with zero attached hydrogens (tertiary/aromatic N) is 4. The maximum atomic E-state index is 12.9.